The third-order valence-corrected chi connectivity index (χ3v) is 3.07. The van der Waals surface area contributed by atoms with E-state index in [2.05, 4.69) is 11.9 Å². The molecule has 0 fully saturated rings. The summed E-state index contributed by atoms with van der Waals surface area (Å²) in [5, 5.41) is 2.93. The minimum absolute atomic E-state index is 0.185. The first-order valence-electron chi connectivity index (χ1n) is 6.46. The number of nitrogens with one attached hydrogen (secondary N) is 1. The lowest BCUT2D eigenvalue weighted by atomic mass is 9.91. The van der Waals surface area contributed by atoms with Crippen molar-refractivity contribution in [3.05, 3.63) is 48.0 Å². The molecule has 0 aromatic heterocycles. The summed E-state index contributed by atoms with van der Waals surface area (Å²) in [7, 11) is 0. The molecule has 1 unspecified atom stereocenters. The van der Waals surface area contributed by atoms with E-state index in [0.29, 0.717) is 12.1 Å². The predicted molar refractivity (Wildman–Crippen MR) is 73.6 cm³/mol. The summed E-state index contributed by atoms with van der Waals surface area (Å²) < 4.78 is 42.7. The fourth-order valence-corrected chi connectivity index (χ4v) is 1.84. The number of carbonyl (C=O) groups excluding carboxylic acids is 1. The van der Waals surface area contributed by atoms with Gasteiger partial charge in [0.25, 0.3) is 0 Å². The lowest BCUT2D eigenvalue weighted by Gasteiger charge is -2.29. The van der Waals surface area contributed by atoms with Gasteiger partial charge in [-0.25, -0.2) is 4.79 Å². The quantitative estimate of drug-likeness (QED) is 0.647. The Balaban J connectivity index is 3.14. The number of carbonyl (C=O) groups is 1. The first-order valence-corrected chi connectivity index (χ1v) is 6.46. The zero-order chi connectivity index (χ0) is 16.1. The van der Waals surface area contributed by atoms with Crippen molar-refractivity contribution in [1.82, 2.24) is 5.32 Å². The van der Waals surface area contributed by atoms with E-state index in [1.807, 2.05) is 0 Å². The molecule has 0 spiro atoms. The number of benzene rings is 1. The van der Waals surface area contributed by atoms with Crippen LogP contribution >= 0.6 is 0 Å². The summed E-state index contributed by atoms with van der Waals surface area (Å²) in [4.78, 5) is 12.1. The number of esters is 1. The van der Waals surface area contributed by atoms with Crippen LogP contribution in [0.3, 0.4) is 0 Å². The van der Waals surface area contributed by atoms with Crippen molar-refractivity contribution >= 4 is 5.97 Å². The average molecular weight is 301 g/mol. The van der Waals surface area contributed by atoms with Gasteiger partial charge in [0.15, 0.2) is 0 Å². The number of ether oxygens (including phenoxy) is 1. The van der Waals surface area contributed by atoms with E-state index < -0.39 is 23.2 Å². The summed E-state index contributed by atoms with van der Waals surface area (Å²) in [6.07, 6.45) is -2.85. The number of halogens is 3. The molecule has 1 atom stereocenters. The van der Waals surface area contributed by atoms with Crippen LogP contribution in [0.2, 0.25) is 0 Å². The average Bonchev–Trinajstić information content (AvgIpc) is 2.44. The zero-order valence-corrected chi connectivity index (χ0v) is 12.0. The second-order valence-electron chi connectivity index (χ2n) is 4.59. The third kappa shape index (κ3) is 4.07. The van der Waals surface area contributed by atoms with Crippen LogP contribution in [0.5, 0.6) is 0 Å². The van der Waals surface area contributed by atoms with Crippen LogP contribution in [0.15, 0.2) is 36.9 Å². The Kier molecular flexibility index (Phi) is 5.54. The molecule has 0 radical (unpaired) electrons. The van der Waals surface area contributed by atoms with Crippen molar-refractivity contribution in [3.8, 4) is 0 Å². The van der Waals surface area contributed by atoms with Gasteiger partial charge in [-0.3, -0.25) is 5.32 Å². The van der Waals surface area contributed by atoms with Crippen LogP contribution in [0.1, 0.15) is 25.0 Å². The standard InChI is InChI=1S/C15H18F3NO2/c1-4-10-19-14(3,13(20)21-5-2)11-6-8-12(9-7-11)15(16,17)18/h4,6-9,19H,1,5,10H2,2-3H3. The summed E-state index contributed by atoms with van der Waals surface area (Å²) in [6, 6.07) is 4.44. The van der Waals surface area contributed by atoms with Crippen molar-refractivity contribution in [2.45, 2.75) is 25.6 Å². The number of hydrogen-bond donors (Lipinski definition) is 1. The Morgan fingerprint density at radius 3 is 2.24 bits per heavy atom. The van der Waals surface area contributed by atoms with Crippen molar-refractivity contribution in [1.29, 1.82) is 0 Å². The lowest BCUT2D eigenvalue weighted by Crippen LogP contribution is -2.47. The van der Waals surface area contributed by atoms with E-state index in [-0.39, 0.29) is 6.61 Å². The predicted octanol–water partition coefficient (Wildman–Crippen LogP) is 3.26. The second-order valence-corrected chi connectivity index (χ2v) is 4.59. The summed E-state index contributed by atoms with van der Waals surface area (Å²) in [5.74, 6) is -0.549. The monoisotopic (exact) mass is 301 g/mol. The molecule has 0 amide bonds. The molecule has 6 heteroatoms. The minimum Gasteiger partial charge on any atom is -0.464 e. The van der Waals surface area contributed by atoms with Gasteiger partial charge in [-0.05, 0) is 31.5 Å². The summed E-state index contributed by atoms with van der Waals surface area (Å²) in [5.41, 5.74) is -1.59. The maximum atomic E-state index is 12.6. The maximum absolute atomic E-state index is 12.6. The molecule has 1 rings (SSSR count). The molecule has 1 aromatic rings. The van der Waals surface area contributed by atoms with E-state index in [1.54, 1.807) is 19.9 Å². The fourth-order valence-electron chi connectivity index (χ4n) is 1.84. The van der Waals surface area contributed by atoms with Crippen LogP contribution in [0.4, 0.5) is 13.2 Å². The molecule has 1 N–H and O–H groups in total. The summed E-state index contributed by atoms with van der Waals surface area (Å²) in [6.45, 7) is 7.28. The molecule has 1 aromatic carbocycles. The van der Waals surface area contributed by atoms with Gasteiger partial charge in [0.1, 0.15) is 5.54 Å². The van der Waals surface area contributed by atoms with Crippen LogP contribution in [0.25, 0.3) is 0 Å². The van der Waals surface area contributed by atoms with Crippen LogP contribution in [-0.4, -0.2) is 19.1 Å². The van der Waals surface area contributed by atoms with Gasteiger partial charge < -0.3 is 4.74 Å². The highest BCUT2D eigenvalue weighted by atomic mass is 19.4. The molecular weight excluding hydrogens is 283 g/mol. The Hall–Kier alpha value is -1.82. The highest BCUT2D eigenvalue weighted by Crippen LogP contribution is 2.31. The smallest absolute Gasteiger partial charge is 0.416 e. The van der Waals surface area contributed by atoms with E-state index in [0.717, 1.165) is 12.1 Å². The maximum Gasteiger partial charge on any atom is 0.416 e. The molecule has 0 heterocycles. The van der Waals surface area contributed by atoms with Crippen LogP contribution in [0, 0.1) is 0 Å². The Bertz CT molecular complexity index is 497. The van der Waals surface area contributed by atoms with Crippen LogP contribution < -0.4 is 5.32 Å². The third-order valence-electron chi connectivity index (χ3n) is 3.07. The molecule has 0 saturated heterocycles. The van der Waals surface area contributed by atoms with Gasteiger partial charge in [0.2, 0.25) is 0 Å². The lowest BCUT2D eigenvalue weighted by molar-refractivity contribution is -0.150. The second kappa shape index (κ2) is 6.76. The highest BCUT2D eigenvalue weighted by molar-refractivity contribution is 5.82. The molecule has 0 bridgehead atoms. The minimum atomic E-state index is -4.41. The summed E-state index contributed by atoms with van der Waals surface area (Å²) >= 11 is 0. The number of alkyl halides is 3. The molecule has 0 aliphatic rings. The fraction of sp³-hybridized carbons (Fsp3) is 0.400. The Morgan fingerprint density at radius 1 is 1.29 bits per heavy atom. The molecule has 0 aliphatic heterocycles. The number of hydrogen-bond acceptors (Lipinski definition) is 3. The topological polar surface area (TPSA) is 38.3 Å². The van der Waals surface area contributed by atoms with Crippen molar-refractivity contribution < 1.29 is 22.7 Å². The molecule has 21 heavy (non-hydrogen) atoms. The molecular formula is C15H18F3NO2. The largest absolute Gasteiger partial charge is 0.464 e. The normalized spacial score (nSPS) is 14.3. The van der Waals surface area contributed by atoms with E-state index in [1.165, 1.54) is 12.1 Å². The SMILES string of the molecule is C=CCNC(C)(C(=O)OCC)c1ccc(C(F)(F)F)cc1. The van der Waals surface area contributed by atoms with Gasteiger partial charge in [-0.15, -0.1) is 6.58 Å². The van der Waals surface area contributed by atoms with Crippen molar-refractivity contribution in [2.24, 2.45) is 0 Å². The Labute approximate surface area is 121 Å². The first-order chi connectivity index (χ1) is 9.75. The van der Waals surface area contributed by atoms with Gasteiger partial charge in [0, 0.05) is 6.54 Å². The number of rotatable bonds is 6. The molecule has 116 valence electrons. The van der Waals surface area contributed by atoms with E-state index in [4.69, 9.17) is 4.74 Å². The molecule has 0 saturated carbocycles. The van der Waals surface area contributed by atoms with Crippen molar-refractivity contribution in [2.75, 3.05) is 13.2 Å². The van der Waals surface area contributed by atoms with Gasteiger partial charge in [-0.2, -0.15) is 13.2 Å². The van der Waals surface area contributed by atoms with Gasteiger partial charge in [0.05, 0.1) is 12.2 Å². The van der Waals surface area contributed by atoms with Gasteiger partial charge in [-0.1, -0.05) is 18.2 Å². The van der Waals surface area contributed by atoms with Crippen LogP contribution in [-0.2, 0) is 21.2 Å². The van der Waals surface area contributed by atoms with Gasteiger partial charge >= 0.3 is 12.1 Å². The zero-order valence-electron chi connectivity index (χ0n) is 12.0. The molecule has 3 nitrogen and oxygen atoms in total. The van der Waals surface area contributed by atoms with Crippen molar-refractivity contribution in [3.63, 3.8) is 0 Å². The Morgan fingerprint density at radius 2 is 1.81 bits per heavy atom. The first kappa shape index (κ1) is 17.2. The highest BCUT2D eigenvalue weighted by Gasteiger charge is 2.37. The molecule has 0 aliphatic carbocycles. The van der Waals surface area contributed by atoms with E-state index in [9.17, 15) is 18.0 Å². The van der Waals surface area contributed by atoms with E-state index >= 15 is 0 Å².